The van der Waals surface area contributed by atoms with Gasteiger partial charge in [0.25, 0.3) is 0 Å². The number of rotatable bonds is 8. The average molecular weight is 600 g/mol. The van der Waals surface area contributed by atoms with Crippen LogP contribution in [0.1, 0.15) is 70.3 Å². The highest BCUT2D eigenvalue weighted by Crippen LogP contribution is 2.51. The van der Waals surface area contributed by atoms with Crippen LogP contribution in [0.15, 0.2) is 39.4 Å². The lowest BCUT2D eigenvalue weighted by Gasteiger charge is -2.43. The molecule has 2 aliphatic heterocycles. The summed E-state index contributed by atoms with van der Waals surface area (Å²) in [4.78, 5) is 29.1. The fourth-order valence-electron chi connectivity index (χ4n) is 7.32. The van der Waals surface area contributed by atoms with Crippen molar-refractivity contribution in [2.75, 3.05) is 13.7 Å². The minimum Gasteiger partial charge on any atom is -0.507 e. The van der Waals surface area contributed by atoms with E-state index in [0.29, 0.717) is 32.2 Å². The van der Waals surface area contributed by atoms with E-state index in [-0.39, 0.29) is 41.5 Å². The number of imide groups is 1. The standard InChI is InChI=1S/C30H39BBrNO6/c1-3-18(13-19-14-21(32)10-11-25(19)34)9-12-26-27-20(17-38-2)15-23-28(24(27)16-31(37)39-26)30(36)33(29(23)35)22-7-5-4-6-8-22/h10-11,13-14,22-24,26,28,34,37H,3-9,12,15-17H2,1-2H3/b18-13+/t23-,24+,26-,28-/m1/s1. The molecular weight excluding hydrogens is 561 g/mol. The highest BCUT2D eigenvalue weighted by atomic mass is 79.9. The number of amides is 2. The van der Waals surface area contributed by atoms with Crippen LogP contribution >= 0.6 is 15.9 Å². The van der Waals surface area contributed by atoms with Crippen LogP contribution in [0, 0.1) is 17.8 Å². The van der Waals surface area contributed by atoms with Crippen LogP contribution in [0.4, 0.5) is 0 Å². The minimum atomic E-state index is -0.985. The first-order valence-electron chi connectivity index (χ1n) is 14.4. The Morgan fingerprint density at radius 1 is 1.21 bits per heavy atom. The van der Waals surface area contributed by atoms with E-state index < -0.39 is 13.0 Å². The molecule has 2 heterocycles. The van der Waals surface area contributed by atoms with Crippen molar-refractivity contribution in [1.29, 1.82) is 0 Å². The number of carbonyl (C=O) groups excluding carboxylic acids is 2. The third kappa shape index (κ3) is 5.78. The Kier molecular flexibility index (Phi) is 9.01. The van der Waals surface area contributed by atoms with Gasteiger partial charge in [0, 0.05) is 23.2 Å². The monoisotopic (exact) mass is 599 g/mol. The molecular formula is C30H39BBrNO6. The second-order valence-corrected chi connectivity index (χ2v) is 12.4. The fraction of sp³-hybridized carbons (Fsp3) is 0.600. The van der Waals surface area contributed by atoms with Crippen molar-refractivity contribution < 1.29 is 29.1 Å². The van der Waals surface area contributed by atoms with Crippen LogP contribution < -0.4 is 0 Å². The number of halogens is 1. The Hall–Kier alpha value is -1.94. The van der Waals surface area contributed by atoms with E-state index in [1.807, 2.05) is 12.1 Å². The first-order valence-corrected chi connectivity index (χ1v) is 15.2. The molecule has 2 aliphatic carbocycles. The maximum absolute atomic E-state index is 13.8. The van der Waals surface area contributed by atoms with E-state index in [0.717, 1.165) is 65.3 Å². The van der Waals surface area contributed by atoms with E-state index in [9.17, 15) is 19.7 Å². The van der Waals surface area contributed by atoms with Gasteiger partial charge in [-0.1, -0.05) is 53.8 Å². The number of methoxy groups -OCH3 is 1. The zero-order chi connectivity index (χ0) is 27.7. The zero-order valence-electron chi connectivity index (χ0n) is 22.9. The molecule has 9 heteroatoms. The lowest BCUT2D eigenvalue weighted by atomic mass is 9.58. The predicted octanol–water partition coefficient (Wildman–Crippen LogP) is 5.50. The molecule has 0 radical (unpaired) electrons. The van der Waals surface area contributed by atoms with Gasteiger partial charge in [-0.15, -0.1) is 0 Å². The molecule has 1 aromatic rings. The van der Waals surface area contributed by atoms with Gasteiger partial charge in [0.2, 0.25) is 11.8 Å². The van der Waals surface area contributed by atoms with Gasteiger partial charge in [-0.25, -0.2) is 0 Å². The Labute approximate surface area is 239 Å². The number of phenolic OH excluding ortho intramolecular Hbond substituents is 1. The van der Waals surface area contributed by atoms with Crippen molar-refractivity contribution in [3.8, 4) is 5.75 Å². The summed E-state index contributed by atoms with van der Waals surface area (Å²) in [7, 11) is 0.668. The van der Waals surface area contributed by atoms with E-state index in [4.69, 9.17) is 9.39 Å². The van der Waals surface area contributed by atoms with E-state index >= 15 is 0 Å². The number of phenols is 1. The van der Waals surface area contributed by atoms with Gasteiger partial charge in [0.1, 0.15) is 5.75 Å². The molecule has 5 rings (SSSR count). The van der Waals surface area contributed by atoms with Gasteiger partial charge in [0.15, 0.2) is 0 Å². The number of fused-ring (bicyclic) bond motifs is 3. The van der Waals surface area contributed by atoms with Gasteiger partial charge in [0.05, 0.1) is 24.5 Å². The van der Waals surface area contributed by atoms with Crippen molar-refractivity contribution in [3.63, 3.8) is 0 Å². The normalized spacial score (nSPS) is 28.3. The van der Waals surface area contributed by atoms with E-state index in [1.54, 1.807) is 24.1 Å². The van der Waals surface area contributed by atoms with E-state index in [2.05, 4.69) is 22.9 Å². The first kappa shape index (κ1) is 28.6. The third-order valence-corrected chi connectivity index (χ3v) is 9.62. The van der Waals surface area contributed by atoms with Crippen molar-refractivity contribution >= 4 is 40.9 Å². The number of aromatic hydroxyl groups is 1. The minimum absolute atomic E-state index is 0.00549. The topological polar surface area (TPSA) is 96.3 Å². The van der Waals surface area contributed by atoms with Crippen molar-refractivity contribution in [2.45, 2.75) is 83.2 Å². The largest absolute Gasteiger partial charge is 0.507 e. The number of allylic oxidation sites excluding steroid dienone is 1. The molecule has 2 saturated heterocycles. The maximum atomic E-state index is 13.8. The Morgan fingerprint density at radius 3 is 2.69 bits per heavy atom. The number of hydrogen-bond acceptors (Lipinski definition) is 6. The predicted molar refractivity (Wildman–Crippen MR) is 154 cm³/mol. The molecule has 0 unspecified atom stereocenters. The molecule has 1 saturated carbocycles. The molecule has 3 fully saturated rings. The summed E-state index contributed by atoms with van der Waals surface area (Å²) in [5, 5.41) is 21.1. The SMILES string of the molecule is CC/C(=C\c1cc(Br)ccc1O)CC[C@H]1OB(O)C[C@H]2C1=C(COC)C[C@H]1C(=O)N(C3CCCCC3)C(=O)[C@H]12. The number of nitrogens with zero attached hydrogens (tertiary/aromatic N) is 1. The number of hydrogen-bond donors (Lipinski definition) is 2. The highest BCUT2D eigenvalue weighted by Gasteiger charge is 2.58. The summed E-state index contributed by atoms with van der Waals surface area (Å²) in [5.41, 5.74) is 4.00. The number of benzene rings is 1. The van der Waals surface area contributed by atoms with Gasteiger partial charge in [-0.3, -0.25) is 14.5 Å². The second kappa shape index (κ2) is 12.3. The molecule has 0 spiro atoms. The first-order chi connectivity index (χ1) is 18.8. The maximum Gasteiger partial charge on any atom is 0.455 e. The van der Waals surface area contributed by atoms with Crippen molar-refractivity contribution in [2.24, 2.45) is 17.8 Å². The van der Waals surface area contributed by atoms with Gasteiger partial charge in [-0.05, 0) is 80.1 Å². The summed E-state index contributed by atoms with van der Waals surface area (Å²) < 4.78 is 12.6. The summed E-state index contributed by atoms with van der Waals surface area (Å²) in [6.45, 7) is 2.47. The Balaban J connectivity index is 1.41. The zero-order valence-corrected chi connectivity index (χ0v) is 24.5. The Bertz CT molecular complexity index is 1160. The Morgan fingerprint density at radius 2 is 1.97 bits per heavy atom. The third-order valence-electron chi connectivity index (χ3n) is 9.13. The summed E-state index contributed by atoms with van der Waals surface area (Å²) in [6, 6.07) is 5.38. The number of ether oxygens (including phenoxy) is 1. The summed E-state index contributed by atoms with van der Waals surface area (Å²) >= 11 is 3.48. The van der Waals surface area contributed by atoms with Crippen LogP contribution in [0.5, 0.6) is 5.75 Å². The van der Waals surface area contributed by atoms with Crippen molar-refractivity contribution in [1.82, 2.24) is 4.90 Å². The molecule has 1 aromatic carbocycles. The molecule has 2 N–H and O–H groups in total. The highest BCUT2D eigenvalue weighted by molar-refractivity contribution is 9.10. The second-order valence-electron chi connectivity index (χ2n) is 11.5. The smallest absolute Gasteiger partial charge is 0.455 e. The van der Waals surface area contributed by atoms with Crippen LogP contribution in [0.2, 0.25) is 6.32 Å². The number of carbonyl (C=O) groups is 2. The quantitative estimate of drug-likeness (QED) is 0.233. The fourth-order valence-corrected chi connectivity index (χ4v) is 7.70. The summed E-state index contributed by atoms with van der Waals surface area (Å²) in [6.07, 6.45) is 9.69. The van der Waals surface area contributed by atoms with Crippen molar-refractivity contribution in [3.05, 3.63) is 45.0 Å². The number of likely N-dealkylation sites (tertiary alicyclic amines) is 1. The molecule has 4 atom stereocenters. The molecule has 2 amide bonds. The van der Waals surface area contributed by atoms with Crippen LogP contribution in [0.3, 0.4) is 0 Å². The van der Waals surface area contributed by atoms with E-state index in [1.165, 1.54) is 0 Å². The van der Waals surface area contributed by atoms with Gasteiger partial charge in [-0.2, -0.15) is 0 Å². The molecule has 210 valence electrons. The molecule has 7 nitrogen and oxygen atoms in total. The molecule has 0 aromatic heterocycles. The molecule has 4 aliphatic rings. The van der Waals surface area contributed by atoms with Crippen LogP contribution in [0.25, 0.3) is 6.08 Å². The van der Waals surface area contributed by atoms with Gasteiger partial charge < -0.3 is 19.5 Å². The molecule has 0 bridgehead atoms. The van der Waals surface area contributed by atoms with Crippen LogP contribution in [-0.2, 0) is 19.0 Å². The lowest BCUT2D eigenvalue weighted by Crippen LogP contribution is -2.47. The molecule has 39 heavy (non-hydrogen) atoms. The van der Waals surface area contributed by atoms with Gasteiger partial charge >= 0.3 is 7.12 Å². The van der Waals surface area contributed by atoms with Crippen LogP contribution in [-0.4, -0.2) is 59.8 Å². The summed E-state index contributed by atoms with van der Waals surface area (Å²) in [5.74, 6) is -0.902. The lowest BCUT2D eigenvalue weighted by molar-refractivity contribution is -0.143. The average Bonchev–Trinajstić information content (AvgIpc) is 3.18.